The molecule has 0 unspecified atom stereocenters. The second-order valence-electron chi connectivity index (χ2n) is 8.91. The van der Waals surface area contributed by atoms with Crippen molar-refractivity contribution in [2.24, 2.45) is 0 Å². The first-order valence-electron chi connectivity index (χ1n) is 12.2. The number of rotatable bonds is 10. The largest absolute Gasteiger partial charge is 0.357 e. The molecule has 1 atom stereocenters. The molecular formula is C28H28ClN3O5S. The molecule has 10 heteroatoms. The second-order valence-corrected chi connectivity index (χ2v) is 11.2. The minimum absolute atomic E-state index is 0.0285. The highest BCUT2D eigenvalue weighted by molar-refractivity contribution is 7.90. The predicted octanol–water partition coefficient (Wildman–Crippen LogP) is 3.65. The smallest absolute Gasteiger partial charge is 0.269 e. The van der Waals surface area contributed by atoms with Crippen molar-refractivity contribution < 1.29 is 22.8 Å². The third-order valence-electron chi connectivity index (χ3n) is 6.48. The van der Waals surface area contributed by atoms with Crippen LogP contribution in [0.15, 0.2) is 83.8 Å². The quantitative estimate of drug-likeness (QED) is 0.413. The number of sulfonamides is 1. The molecule has 38 heavy (non-hydrogen) atoms. The molecule has 0 bridgehead atoms. The maximum Gasteiger partial charge on any atom is 0.269 e. The Kier molecular flexibility index (Phi) is 8.48. The highest BCUT2D eigenvalue weighted by Crippen LogP contribution is 2.30. The number of hydrogen-bond acceptors (Lipinski definition) is 5. The van der Waals surface area contributed by atoms with Crippen molar-refractivity contribution in [3.63, 3.8) is 0 Å². The standard InChI is InChI=1S/C28H28ClN3O5S/c1-30-27(34)24(18-20-10-3-2-4-11-20)31(19-21-12-5-7-14-23(21)29)26(33)16-9-17-32-28(35)22-13-6-8-15-25(22)38(32,36)37/h2-8,10-15,24H,9,16-19H2,1H3,(H,30,34)/t24-/m0/s1. The molecular weight excluding hydrogens is 526 g/mol. The van der Waals surface area contributed by atoms with Gasteiger partial charge in [0.2, 0.25) is 11.8 Å². The molecule has 0 fully saturated rings. The third kappa shape index (κ3) is 5.74. The normalized spacial score (nSPS) is 14.6. The van der Waals surface area contributed by atoms with Crippen molar-refractivity contribution in [1.82, 2.24) is 14.5 Å². The van der Waals surface area contributed by atoms with Crippen LogP contribution in [0.3, 0.4) is 0 Å². The Labute approximate surface area is 227 Å². The minimum atomic E-state index is -3.97. The van der Waals surface area contributed by atoms with Crippen molar-refractivity contribution in [2.45, 2.75) is 36.7 Å². The van der Waals surface area contributed by atoms with E-state index in [0.717, 1.165) is 9.87 Å². The van der Waals surface area contributed by atoms with Gasteiger partial charge in [0, 0.05) is 38.0 Å². The zero-order chi connectivity index (χ0) is 27.3. The van der Waals surface area contributed by atoms with Gasteiger partial charge in [0.25, 0.3) is 15.9 Å². The number of hydrogen-bond donors (Lipinski definition) is 1. The average Bonchev–Trinajstić information content (AvgIpc) is 3.12. The second kappa shape index (κ2) is 11.8. The summed E-state index contributed by atoms with van der Waals surface area (Å²) in [4.78, 5) is 40.8. The van der Waals surface area contributed by atoms with Gasteiger partial charge in [-0.1, -0.05) is 72.3 Å². The Morgan fingerprint density at radius 3 is 2.32 bits per heavy atom. The van der Waals surface area contributed by atoms with Gasteiger partial charge < -0.3 is 10.2 Å². The number of nitrogens with one attached hydrogen (secondary N) is 1. The summed E-state index contributed by atoms with van der Waals surface area (Å²) in [7, 11) is -2.45. The van der Waals surface area contributed by atoms with Crippen molar-refractivity contribution >= 4 is 39.3 Å². The number of nitrogens with zero attached hydrogens (tertiary/aromatic N) is 2. The number of benzene rings is 3. The number of likely N-dealkylation sites (N-methyl/N-ethyl adjacent to an activating group) is 1. The van der Waals surface area contributed by atoms with Gasteiger partial charge in [-0.25, -0.2) is 12.7 Å². The first kappa shape index (κ1) is 27.3. The predicted molar refractivity (Wildman–Crippen MR) is 144 cm³/mol. The van der Waals surface area contributed by atoms with Crippen molar-refractivity contribution in [1.29, 1.82) is 0 Å². The van der Waals surface area contributed by atoms with E-state index in [1.54, 1.807) is 36.4 Å². The zero-order valence-corrected chi connectivity index (χ0v) is 22.4. The van der Waals surface area contributed by atoms with E-state index in [-0.39, 0.29) is 54.6 Å². The lowest BCUT2D eigenvalue weighted by Gasteiger charge is -2.31. The fourth-order valence-corrected chi connectivity index (χ4v) is 6.30. The van der Waals surface area contributed by atoms with Gasteiger partial charge in [0.05, 0.1) is 5.56 Å². The van der Waals surface area contributed by atoms with E-state index in [4.69, 9.17) is 11.6 Å². The molecule has 0 aromatic heterocycles. The molecule has 1 heterocycles. The van der Waals surface area contributed by atoms with Gasteiger partial charge in [-0.3, -0.25) is 14.4 Å². The van der Waals surface area contributed by atoms with Crippen molar-refractivity contribution in [2.75, 3.05) is 13.6 Å². The fraction of sp³-hybridized carbons (Fsp3) is 0.250. The molecule has 198 valence electrons. The van der Waals surface area contributed by atoms with Crippen LogP contribution in [-0.4, -0.2) is 55.0 Å². The lowest BCUT2D eigenvalue weighted by atomic mass is 10.0. The monoisotopic (exact) mass is 553 g/mol. The SMILES string of the molecule is CNC(=O)[C@H](Cc1ccccc1)N(Cc1ccccc1Cl)C(=O)CCCN1C(=O)c2ccccc2S1(=O)=O. The van der Waals surface area contributed by atoms with Crippen LogP contribution < -0.4 is 5.32 Å². The topological polar surface area (TPSA) is 104 Å². The molecule has 3 aromatic rings. The Morgan fingerprint density at radius 1 is 0.974 bits per heavy atom. The summed E-state index contributed by atoms with van der Waals surface area (Å²) in [6.07, 6.45) is 0.315. The lowest BCUT2D eigenvalue weighted by molar-refractivity contribution is -0.141. The Bertz CT molecular complexity index is 1450. The van der Waals surface area contributed by atoms with Gasteiger partial charge >= 0.3 is 0 Å². The third-order valence-corrected chi connectivity index (χ3v) is 8.69. The van der Waals surface area contributed by atoms with Crippen molar-refractivity contribution in [3.8, 4) is 0 Å². The number of carbonyl (C=O) groups excluding carboxylic acids is 3. The van der Waals surface area contributed by atoms with Crippen LogP contribution in [0.1, 0.15) is 34.3 Å². The average molecular weight is 554 g/mol. The van der Waals surface area contributed by atoms with Crippen LogP contribution in [0.5, 0.6) is 0 Å². The van der Waals surface area contributed by atoms with E-state index >= 15 is 0 Å². The highest BCUT2D eigenvalue weighted by atomic mass is 35.5. The van der Waals surface area contributed by atoms with Gasteiger partial charge in [0.15, 0.2) is 0 Å². The van der Waals surface area contributed by atoms with Gasteiger partial charge in [-0.2, -0.15) is 0 Å². The van der Waals surface area contributed by atoms with Crippen LogP contribution >= 0.6 is 11.6 Å². The van der Waals surface area contributed by atoms with E-state index in [1.165, 1.54) is 24.1 Å². The lowest BCUT2D eigenvalue weighted by Crippen LogP contribution is -2.49. The molecule has 0 saturated carbocycles. The summed E-state index contributed by atoms with van der Waals surface area (Å²) in [6.45, 7) is -0.0549. The number of amides is 3. The van der Waals surface area contributed by atoms with Crippen LogP contribution in [0.25, 0.3) is 0 Å². The molecule has 8 nitrogen and oxygen atoms in total. The van der Waals surface area contributed by atoms with Crippen molar-refractivity contribution in [3.05, 3.63) is 101 Å². The molecule has 1 aliphatic rings. The summed E-state index contributed by atoms with van der Waals surface area (Å²) in [5.74, 6) is -1.29. The summed E-state index contributed by atoms with van der Waals surface area (Å²) in [5, 5.41) is 3.12. The zero-order valence-electron chi connectivity index (χ0n) is 20.8. The molecule has 0 spiro atoms. The first-order valence-corrected chi connectivity index (χ1v) is 14.0. The molecule has 4 rings (SSSR count). The molecule has 1 N–H and O–H groups in total. The molecule has 3 amide bonds. The molecule has 0 saturated heterocycles. The number of fused-ring (bicyclic) bond motifs is 1. The maximum absolute atomic E-state index is 13.6. The van der Waals surface area contributed by atoms with E-state index in [2.05, 4.69) is 5.32 Å². The molecule has 1 aliphatic heterocycles. The number of halogens is 1. The Hall–Kier alpha value is -3.69. The molecule has 0 radical (unpaired) electrons. The Balaban J connectivity index is 1.55. The summed E-state index contributed by atoms with van der Waals surface area (Å²) in [5.41, 5.74) is 1.68. The van der Waals surface area contributed by atoms with Crippen LogP contribution in [0, 0.1) is 0 Å². The highest BCUT2D eigenvalue weighted by Gasteiger charge is 2.40. The van der Waals surface area contributed by atoms with E-state index in [9.17, 15) is 22.8 Å². The van der Waals surface area contributed by atoms with Crippen LogP contribution in [-0.2, 0) is 32.6 Å². The van der Waals surface area contributed by atoms with E-state index < -0.39 is 22.0 Å². The number of carbonyl (C=O) groups is 3. The Morgan fingerprint density at radius 2 is 1.63 bits per heavy atom. The summed E-state index contributed by atoms with van der Waals surface area (Å²) < 4.78 is 26.5. The molecule has 0 aliphatic carbocycles. The van der Waals surface area contributed by atoms with Gasteiger partial charge in [-0.15, -0.1) is 0 Å². The van der Waals surface area contributed by atoms with Crippen LogP contribution in [0.4, 0.5) is 0 Å². The summed E-state index contributed by atoms with van der Waals surface area (Å²) >= 11 is 6.38. The maximum atomic E-state index is 13.6. The fourth-order valence-electron chi connectivity index (χ4n) is 4.50. The van der Waals surface area contributed by atoms with Gasteiger partial charge in [0.1, 0.15) is 10.9 Å². The van der Waals surface area contributed by atoms with E-state index in [1.807, 2.05) is 30.3 Å². The first-order chi connectivity index (χ1) is 18.2. The van der Waals surface area contributed by atoms with Gasteiger partial charge in [-0.05, 0) is 35.7 Å². The molecule has 3 aromatic carbocycles. The van der Waals surface area contributed by atoms with Crippen LogP contribution in [0.2, 0.25) is 5.02 Å². The van der Waals surface area contributed by atoms with E-state index in [0.29, 0.717) is 10.6 Å². The minimum Gasteiger partial charge on any atom is -0.357 e. The summed E-state index contributed by atoms with van der Waals surface area (Å²) in [6, 6.07) is 21.7.